The van der Waals surface area contributed by atoms with Gasteiger partial charge in [0.25, 0.3) is 0 Å². The Morgan fingerprint density at radius 3 is 2.79 bits per heavy atom. The molecule has 0 radical (unpaired) electrons. The minimum absolute atomic E-state index is 0. The molecule has 1 N–H and O–H groups in total. The van der Waals surface area contributed by atoms with Crippen molar-refractivity contribution in [1.82, 2.24) is 19.8 Å². The molecule has 0 amide bonds. The highest BCUT2D eigenvalue weighted by Gasteiger charge is 2.26. The van der Waals surface area contributed by atoms with Gasteiger partial charge in [-0.25, -0.2) is 4.98 Å². The van der Waals surface area contributed by atoms with Crippen LogP contribution in [0.25, 0.3) is 10.8 Å². The summed E-state index contributed by atoms with van der Waals surface area (Å²) in [6, 6.07) is 15.7. The van der Waals surface area contributed by atoms with E-state index in [0.29, 0.717) is 6.04 Å². The average Bonchev–Trinajstić information content (AvgIpc) is 3.01. The fourth-order valence-corrected chi connectivity index (χ4v) is 3.46. The van der Waals surface area contributed by atoms with Gasteiger partial charge < -0.3 is 9.88 Å². The molecule has 126 valence electrons. The number of benzene rings is 2. The van der Waals surface area contributed by atoms with Crippen molar-refractivity contribution in [2.24, 2.45) is 7.05 Å². The smallest absolute Gasteiger partial charge is 0.127 e. The summed E-state index contributed by atoms with van der Waals surface area (Å²) in [5, 5.41) is 6.12. The maximum atomic E-state index is 4.56. The van der Waals surface area contributed by atoms with Crippen LogP contribution >= 0.6 is 12.4 Å². The molecule has 0 saturated carbocycles. The summed E-state index contributed by atoms with van der Waals surface area (Å²) in [7, 11) is 2.07. The predicted octanol–water partition coefficient (Wildman–Crippen LogP) is 3.14. The molecule has 24 heavy (non-hydrogen) atoms. The van der Waals surface area contributed by atoms with Crippen LogP contribution in [0, 0.1) is 0 Å². The highest BCUT2D eigenvalue weighted by molar-refractivity contribution is 5.85. The van der Waals surface area contributed by atoms with Gasteiger partial charge >= 0.3 is 0 Å². The number of nitrogens with one attached hydrogen (secondary N) is 1. The first-order chi connectivity index (χ1) is 11.3. The highest BCUT2D eigenvalue weighted by Crippen LogP contribution is 2.24. The number of aromatic nitrogens is 2. The van der Waals surface area contributed by atoms with Crippen LogP contribution in [-0.2, 0) is 13.6 Å². The van der Waals surface area contributed by atoms with Crippen LogP contribution in [0.1, 0.15) is 17.4 Å². The molecule has 1 atom stereocenters. The van der Waals surface area contributed by atoms with Gasteiger partial charge in [-0.1, -0.05) is 36.4 Å². The van der Waals surface area contributed by atoms with Gasteiger partial charge in [0.05, 0.1) is 6.04 Å². The standard InChI is InChI=1S/C19H22N4.ClH/c1-22-10-9-21-19(22)18-13-20-8-11-23(18)14-15-6-7-16-4-2-3-5-17(16)12-15;/h2-7,9-10,12,18,20H,8,11,13-14H2,1H3;1H. The van der Waals surface area contributed by atoms with Gasteiger partial charge in [-0.3, -0.25) is 4.90 Å². The molecule has 1 unspecified atom stereocenters. The first-order valence-corrected chi connectivity index (χ1v) is 8.21. The lowest BCUT2D eigenvalue weighted by molar-refractivity contribution is 0.145. The minimum Gasteiger partial charge on any atom is -0.337 e. The van der Waals surface area contributed by atoms with Gasteiger partial charge in [0.2, 0.25) is 0 Å². The van der Waals surface area contributed by atoms with E-state index in [0.717, 1.165) is 32.0 Å². The van der Waals surface area contributed by atoms with E-state index in [-0.39, 0.29) is 12.4 Å². The Morgan fingerprint density at radius 2 is 2.00 bits per heavy atom. The summed E-state index contributed by atoms with van der Waals surface area (Å²) in [6.07, 6.45) is 3.91. The molecular weight excluding hydrogens is 320 g/mol. The number of hydrogen-bond acceptors (Lipinski definition) is 3. The molecule has 1 aromatic heterocycles. The number of aryl methyl sites for hydroxylation is 1. The normalized spacial score (nSPS) is 18.5. The van der Waals surface area contributed by atoms with E-state index in [9.17, 15) is 0 Å². The third-order valence-electron chi connectivity index (χ3n) is 4.71. The predicted molar refractivity (Wildman–Crippen MR) is 100 cm³/mol. The van der Waals surface area contributed by atoms with Crippen LogP contribution in [0.3, 0.4) is 0 Å². The van der Waals surface area contributed by atoms with E-state index in [4.69, 9.17) is 0 Å². The molecule has 4 rings (SSSR count). The minimum atomic E-state index is 0. The molecule has 2 heterocycles. The maximum Gasteiger partial charge on any atom is 0.127 e. The van der Waals surface area contributed by atoms with Gasteiger partial charge in [-0.05, 0) is 22.4 Å². The largest absolute Gasteiger partial charge is 0.337 e. The van der Waals surface area contributed by atoms with Crippen molar-refractivity contribution in [3.63, 3.8) is 0 Å². The molecule has 2 aromatic carbocycles. The summed E-state index contributed by atoms with van der Waals surface area (Å²) >= 11 is 0. The third-order valence-corrected chi connectivity index (χ3v) is 4.71. The van der Waals surface area contributed by atoms with Gasteiger partial charge in [0, 0.05) is 45.6 Å². The van der Waals surface area contributed by atoms with Crippen LogP contribution < -0.4 is 5.32 Å². The fourth-order valence-electron chi connectivity index (χ4n) is 3.46. The molecule has 0 bridgehead atoms. The lowest BCUT2D eigenvalue weighted by atomic mass is 10.1. The molecule has 1 fully saturated rings. The van der Waals surface area contributed by atoms with E-state index in [1.54, 1.807) is 0 Å². The Bertz CT molecular complexity index is 814. The summed E-state index contributed by atoms with van der Waals surface area (Å²) in [4.78, 5) is 7.09. The summed E-state index contributed by atoms with van der Waals surface area (Å²) in [6.45, 7) is 4.00. The van der Waals surface area contributed by atoms with Crippen LogP contribution in [0.5, 0.6) is 0 Å². The van der Waals surface area contributed by atoms with Gasteiger partial charge in [0.1, 0.15) is 5.82 Å². The van der Waals surface area contributed by atoms with E-state index < -0.39 is 0 Å². The van der Waals surface area contributed by atoms with Crippen LogP contribution in [0.15, 0.2) is 54.9 Å². The zero-order chi connectivity index (χ0) is 15.6. The molecule has 1 aliphatic rings. The highest BCUT2D eigenvalue weighted by atomic mass is 35.5. The number of piperazine rings is 1. The lowest BCUT2D eigenvalue weighted by Gasteiger charge is -2.35. The van der Waals surface area contributed by atoms with Crippen molar-refractivity contribution in [2.45, 2.75) is 12.6 Å². The van der Waals surface area contributed by atoms with Crippen molar-refractivity contribution in [1.29, 1.82) is 0 Å². The van der Waals surface area contributed by atoms with Crippen LogP contribution in [-0.4, -0.2) is 34.1 Å². The molecule has 3 aromatic rings. The SMILES string of the molecule is Cl.Cn1ccnc1C1CNCCN1Cc1ccc2ccccc2c1. The first kappa shape index (κ1) is 17.0. The van der Waals surface area contributed by atoms with E-state index in [1.165, 1.54) is 16.3 Å². The monoisotopic (exact) mass is 342 g/mol. The van der Waals surface area contributed by atoms with Crippen molar-refractivity contribution >= 4 is 23.2 Å². The number of hydrogen-bond donors (Lipinski definition) is 1. The number of fused-ring (bicyclic) bond motifs is 1. The molecule has 0 aliphatic carbocycles. The summed E-state index contributed by atoms with van der Waals surface area (Å²) in [5.74, 6) is 1.14. The van der Waals surface area contributed by atoms with E-state index in [2.05, 4.69) is 69.3 Å². The van der Waals surface area contributed by atoms with Gasteiger partial charge in [-0.2, -0.15) is 0 Å². The first-order valence-electron chi connectivity index (χ1n) is 8.21. The van der Waals surface area contributed by atoms with Crippen LogP contribution in [0.2, 0.25) is 0 Å². The second-order valence-corrected chi connectivity index (χ2v) is 6.27. The zero-order valence-corrected chi connectivity index (χ0v) is 14.7. The van der Waals surface area contributed by atoms with E-state index >= 15 is 0 Å². The summed E-state index contributed by atoms with van der Waals surface area (Å²) < 4.78 is 2.13. The van der Waals surface area contributed by atoms with Crippen molar-refractivity contribution in [3.05, 3.63) is 66.2 Å². The number of rotatable bonds is 3. The van der Waals surface area contributed by atoms with Crippen molar-refractivity contribution in [3.8, 4) is 0 Å². The molecular formula is C19H23ClN4. The van der Waals surface area contributed by atoms with Gasteiger partial charge in [0.15, 0.2) is 0 Å². The lowest BCUT2D eigenvalue weighted by Crippen LogP contribution is -2.46. The van der Waals surface area contributed by atoms with Crippen molar-refractivity contribution < 1.29 is 0 Å². The molecule has 1 saturated heterocycles. The molecule has 4 nitrogen and oxygen atoms in total. The average molecular weight is 343 g/mol. The number of nitrogens with zero attached hydrogens (tertiary/aromatic N) is 3. The Hall–Kier alpha value is -1.88. The van der Waals surface area contributed by atoms with Gasteiger partial charge in [-0.15, -0.1) is 12.4 Å². The summed E-state index contributed by atoms with van der Waals surface area (Å²) in [5.41, 5.74) is 1.37. The Kier molecular flexibility index (Phi) is 5.19. The number of imidazole rings is 1. The Balaban J connectivity index is 0.00000169. The maximum absolute atomic E-state index is 4.56. The quantitative estimate of drug-likeness (QED) is 0.793. The van der Waals surface area contributed by atoms with Crippen molar-refractivity contribution in [2.75, 3.05) is 19.6 Å². The molecule has 1 aliphatic heterocycles. The second kappa shape index (κ2) is 7.34. The Morgan fingerprint density at radius 1 is 1.17 bits per heavy atom. The molecule has 0 spiro atoms. The molecule has 5 heteroatoms. The second-order valence-electron chi connectivity index (χ2n) is 6.27. The topological polar surface area (TPSA) is 33.1 Å². The Labute approximate surface area is 148 Å². The van der Waals surface area contributed by atoms with E-state index in [1.807, 2.05) is 12.4 Å². The third kappa shape index (κ3) is 3.31. The van der Waals surface area contributed by atoms with Crippen LogP contribution in [0.4, 0.5) is 0 Å². The zero-order valence-electron chi connectivity index (χ0n) is 13.9. The fraction of sp³-hybridized carbons (Fsp3) is 0.316. The number of halogens is 1.